The molecule has 116 valence electrons. The van der Waals surface area contributed by atoms with E-state index in [0.29, 0.717) is 17.5 Å². The Morgan fingerprint density at radius 2 is 1.87 bits per heavy atom. The third-order valence-corrected chi connectivity index (χ3v) is 3.52. The van der Waals surface area contributed by atoms with Gasteiger partial charge >= 0.3 is 0 Å². The second-order valence-corrected chi connectivity index (χ2v) is 5.19. The molecule has 7 heteroatoms. The van der Waals surface area contributed by atoms with Crippen molar-refractivity contribution in [3.63, 3.8) is 0 Å². The predicted octanol–water partition coefficient (Wildman–Crippen LogP) is 3.44. The fraction of sp³-hybridized carbons (Fsp3) is 0.188. The molecule has 0 amide bonds. The molecule has 0 saturated heterocycles. The predicted molar refractivity (Wildman–Crippen MR) is 88.6 cm³/mol. The summed E-state index contributed by atoms with van der Waals surface area (Å²) in [6, 6.07) is 9.76. The van der Waals surface area contributed by atoms with Gasteiger partial charge in [-0.2, -0.15) is 4.98 Å². The van der Waals surface area contributed by atoms with Gasteiger partial charge in [0.15, 0.2) is 11.5 Å². The van der Waals surface area contributed by atoms with Gasteiger partial charge in [-0.3, -0.25) is 4.57 Å². The van der Waals surface area contributed by atoms with Crippen LogP contribution < -0.4 is 4.90 Å². The highest BCUT2D eigenvalue weighted by Crippen LogP contribution is 2.29. The molecule has 3 aromatic rings. The van der Waals surface area contributed by atoms with E-state index in [1.165, 1.54) is 0 Å². The lowest BCUT2D eigenvalue weighted by molar-refractivity contribution is 0.930. The second kappa shape index (κ2) is 5.96. The van der Waals surface area contributed by atoms with E-state index in [1.54, 1.807) is 24.0 Å². The summed E-state index contributed by atoms with van der Waals surface area (Å²) in [7, 11) is 1.88. The van der Waals surface area contributed by atoms with Gasteiger partial charge < -0.3 is 4.90 Å². The number of rotatable bonds is 4. The van der Waals surface area contributed by atoms with Gasteiger partial charge in [0, 0.05) is 18.9 Å². The molecular weight excluding hydrogens is 292 g/mol. The lowest BCUT2D eigenvalue weighted by Crippen LogP contribution is -2.15. The molecule has 0 saturated carbocycles. The van der Waals surface area contributed by atoms with E-state index in [1.807, 2.05) is 49.2 Å². The molecule has 0 unspecified atom stereocenters. The van der Waals surface area contributed by atoms with E-state index in [4.69, 9.17) is 0 Å². The Kier molecular flexibility index (Phi) is 3.84. The van der Waals surface area contributed by atoms with Crippen LogP contribution in [-0.4, -0.2) is 26.6 Å². The van der Waals surface area contributed by atoms with Crippen molar-refractivity contribution in [3.05, 3.63) is 59.2 Å². The van der Waals surface area contributed by atoms with E-state index in [9.17, 15) is 4.91 Å². The molecular formula is C16H16N6O. The van der Waals surface area contributed by atoms with Crippen molar-refractivity contribution in [3.8, 4) is 5.82 Å². The topological polar surface area (TPSA) is 76.3 Å². The first-order valence-corrected chi connectivity index (χ1v) is 7.12. The van der Waals surface area contributed by atoms with Crippen LogP contribution in [0.4, 0.5) is 17.3 Å². The van der Waals surface area contributed by atoms with Crippen LogP contribution in [0.1, 0.15) is 11.4 Å². The quantitative estimate of drug-likeness (QED) is 0.690. The summed E-state index contributed by atoms with van der Waals surface area (Å²) in [6.07, 6.45) is 3.40. The maximum Gasteiger partial charge on any atom is 0.232 e. The van der Waals surface area contributed by atoms with Crippen LogP contribution in [0.2, 0.25) is 0 Å². The van der Waals surface area contributed by atoms with Crippen LogP contribution in [0, 0.1) is 18.8 Å². The number of anilines is 2. The highest BCUT2D eigenvalue weighted by molar-refractivity contribution is 5.62. The van der Waals surface area contributed by atoms with Crippen LogP contribution in [0.5, 0.6) is 0 Å². The van der Waals surface area contributed by atoms with Crippen molar-refractivity contribution < 1.29 is 0 Å². The van der Waals surface area contributed by atoms with Crippen molar-refractivity contribution in [2.75, 3.05) is 11.9 Å². The molecule has 0 fully saturated rings. The van der Waals surface area contributed by atoms with Crippen molar-refractivity contribution in [1.29, 1.82) is 0 Å². The Hall–Kier alpha value is -3.09. The lowest BCUT2D eigenvalue weighted by atomic mass is 10.3. The van der Waals surface area contributed by atoms with Gasteiger partial charge in [0.05, 0.1) is 11.4 Å². The third-order valence-electron chi connectivity index (χ3n) is 3.52. The summed E-state index contributed by atoms with van der Waals surface area (Å²) in [4.78, 5) is 26.1. The van der Waals surface area contributed by atoms with Gasteiger partial charge in [-0.1, -0.05) is 18.2 Å². The molecule has 0 radical (unpaired) electrons. The highest BCUT2D eigenvalue weighted by atomic mass is 16.3. The van der Waals surface area contributed by atoms with Crippen LogP contribution in [0.25, 0.3) is 5.82 Å². The number of nitrogens with zero attached hydrogens (tertiary/aromatic N) is 6. The van der Waals surface area contributed by atoms with E-state index in [2.05, 4.69) is 20.1 Å². The van der Waals surface area contributed by atoms with Gasteiger partial charge in [-0.25, -0.2) is 9.97 Å². The zero-order valence-corrected chi connectivity index (χ0v) is 13.1. The number of imidazole rings is 1. The lowest BCUT2D eigenvalue weighted by Gasteiger charge is -2.19. The number of hydrogen-bond acceptors (Lipinski definition) is 6. The molecule has 0 aliphatic heterocycles. The van der Waals surface area contributed by atoms with Crippen LogP contribution in [-0.2, 0) is 0 Å². The first kappa shape index (κ1) is 14.8. The number of nitroso groups, excluding NO2 is 1. The van der Waals surface area contributed by atoms with E-state index < -0.39 is 0 Å². The first-order chi connectivity index (χ1) is 11.1. The summed E-state index contributed by atoms with van der Waals surface area (Å²) in [5.74, 6) is 0.910. The SMILES string of the molecule is Cc1cn(-c2nc(N(C)c3ccccc3)nc(C)c2N=O)cn1. The van der Waals surface area contributed by atoms with Crippen LogP contribution >= 0.6 is 0 Å². The second-order valence-electron chi connectivity index (χ2n) is 5.19. The minimum absolute atomic E-state index is 0.215. The minimum atomic E-state index is 0.215. The summed E-state index contributed by atoms with van der Waals surface area (Å²) >= 11 is 0. The molecule has 0 aliphatic carbocycles. The molecule has 0 spiro atoms. The van der Waals surface area contributed by atoms with Crippen LogP contribution in [0.15, 0.2) is 48.0 Å². The van der Waals surface area contributed by atoms with Gasteiger partial charge in [0.1, 0.15) is 6.33 Å². The Balaban J connectivity index is 2.13. The smallest absolute Gasteiger partial charge is 0.232 e. The minimum Gasteiger partial charge on any atom is -0.314 e. The van der Waals surface area contributed by atoms with Crippen molar-refractivity contribution in [2.24, 2.45) is 5.18 Å². The Morgan fingerprint density at radius 1 is 1.13 bits per heavy atom. The zero-order chi connectivity index (χ0) is 16.4. The first-order valence-electron chi connectivity index (χ1n) is 7.12. The molecule has 23 heavy (non-hydrogen) atoms. The number of aromatic nitrogens is 4. The zero-order valence-electron chi connectivity index (χ0n) is 13.1. The van der Waals surface area contributed by atoms with Gasteiger partial charge in [0.25, 0.3) is 0 Å². The molecule has 3 rings (SSSR count). The fourth-order valence-corrected chi connectivity index (χ4v) is 2.28. The van der Waals surface area contributed by atoms with Crippen LogP contribution in [0.3, 0.4) is 0 Å². The summed E-state index contributed by atoms with van der Waals surface area (Å²) in [6.45, 7) is 3.61. The number of para-hydroxylation sites is 1. The normalized spacial score (nSPS) is 10.6. The third kappa shape index (κ3) is 2.80. The summed E-state index contributed by atoms with van der Waals surface area (Å²) in [5, 5.41) is 3.09. The van der Waals surface area contributed by atoms with Crippen molar-refractivity contribution in [1.82, 2.24) is 19.5 Å². The Bertz CT molecular complexity index is 843. The molecule has 0 bridgehead atoms. The summed E-state index contributed by atoms with van der Waals surface area (Å²) in [5.41, 5.74) is 2.52. The highest BCUT2D eigenvalue weighted by Gasteiger charge is 2.17. The van der Waals surface area contributed by atoms with E-state index in [0.717, 1.165) is 11.4 Å². The number of hydrogen-bond donors (Lipinski definition) is 0. The van der Waals surface area contributed by atoms with E-state index >= 15 is 0 Å². The largest absolute Gasteiger partial charge is 0.314 e. The molecule has 7 nitrogen and oxygen atoms in total. The fourth-order valence-electron chi connectivity index (χ4n) is 2.28. The average Bonchev–Trinajstić information content (AvgIpc) is 3.00. The van der Waals surface area contributed by atoms with Gasteiger partial charge in [-0.05, 0) is 31.2 Å². The number of aryl methyl sites for hydroxylation is 2. The Morgan fingerprint density at radius 3 is 2.48 bits per heavy atom. The van der Waals surface area contributed by atoms with Gasteiger partial charge in [-0.15, -0.1) is 4.91 Å². The maximum atomic E-state index is 11.2. The number of benzene rings is 1. The molecule has 2 aromatic heterocycles. The monoisotopic (exact) mass is 308 g/mol. The molecule has 0 atom stereocenters. The molecule has 1 aromatic carbocycles. The average molecular weight is 308 g/mol. The summed E-state index contributed by atoms with van der Waals surface area (Å²) < 4.78 is 1.68. The molecule has 0 N–H and O–H groups in total. The molecule has 0 aliphatic rings. The Labute approximate surface area is 133 Å². The van der Waals surface area contributed by atoms with E-state index in [-0.39, 0.29) is 5.69 Å². The van der Waals surface area contributed by atoms with Crippen molar-refractivity contribution >= 4 is 17.3 Å². The molecule has 2 heterocycles. The standard InChI is InChI=1S/C16H16N6O/c1-11-9-22(10-17-11)15-14(20-23)12(2)18-16(19-15)21(3)13-7-5-4-6-8-13/h4-10H,1-3H3. The maximum absolute atomic E-state index is 11.2. The van der Waals surface area contributed by atoms with Gasteiger partial charge in [0.2, 0.25) is 5.95 Å². The van der Waals surface area contributed by atoms with Crippen molar-refractivity contribution in [2.45, 2.75) is 13.8 Å².